The number of fused-ring (bicyclic) bond motifs is 1. The molecule has 1 aliphatic rings. The van der Waals surface area contributed by atoms with Gasteiger partial charge in [0.1, 0.15) is 0 Å². The van der Waals surface area contributed by atoms with E-state index in [2.05, 4.69) is 4.98 Å². The molecule has 0 aliphatic heterocycles. The van der Waals surface area contributed by atoms with Crippen LogP contribution >= 0.6 is 0 Å². The summed E-state index contributed by atoms with van der Waals surface area (Å²) >= 11 is 0. The lowest BCUT2D eigenvalue weighted by Gasteiger charge is -2.19. The molecule has 29 heavy (non-hydrogen) atoms. The number of hydrogen-bond donors (Lipinski definition) is 1. The van der Waals surface area contributed by atoms with Gasteiger partial charge in [0.05, 0.1) is 22.2 Å². The third kappa shape index (κ3) is 3.08. The Morgan fingerprint density at radius 2 is 1.90 bits per heavy atom. The maximum Gasteiger partial charge on any atom is 0.330 e. The van der Waals surface area contributed by atoms with Crippen molar-refractivity contribution in [2.45, 2.75) is 52.2 Å². The molecule has 154 valence electrons. The minimum Gasteiger partial charge on any atom is -0.386 e. The number of rotatable bonds is 4. The number of aryl methyl sites for hydroxylation is 2. The van der Waals surface area contributed by atoms with E-state index in [1.54, 1.807) is 33.0 Å². The number of aliphatic hydroxyl groups is 1. The van der Waals surface area contributed by atoms with E-state index in [1.165, 1.54) is 16.1 Å². The molecule has 1 unspecified atom stereocenters. The third-order valence-corrected chi connectivity index (χ3v) is 6.08. The van der Waals surface area contributed by atoms with Gasteiger partial charge in [0.2, 0.25) is 0 Å². The Bertz CT molecular complexity index is 1190. The Hall–Kier alpha value is -2.54. The summed E-state index contributed by atoms with van der Waals surface area (Å²) in [5.74, 6) is -2.74. The lowest BCUT2D eigenvalue weighted by molar-refractivity contribution is 0.0637. The van der Waals surface area contributed by atoms with E-state index < -0.39 is 16.9 Å². The van der Waals surface area contributed by atoms with E-state index >= 15 is 0 Å². The Morgan fingerprint density at radius 1 is 1.24 bits per heavy atom. The summed E-state index contributed by atoms with van der Waals surface area (Å²) < 4.78 is 30.2. The van der Waals surface area contributed by atoms with Gasteiger partial charge in [0.15, 0.2) is 5.65 Å². The van der Waals surface area contributed by atoms with E-state index in [1.807, 2.05) is 25.1 Å². The summed E-state index contributed by atoms with van der Waals surface area (Å²) in [6.07, 6.45) is -0.211. The van der Waals surface area contributed by atoms with Crippen molar-refractivity contribution in [1.82, 2.24) is 14.1 Å². The van der Waals surface area contributed by atoms with Crippen LogP contribution in [0, 0.1) is 12.3 Å². The molecule has 3 aromatic rings. The monoisotopic (exact) mass is 401 g/mol. The molecule has 1 aliphatic carbocycles. The van der Waals surface area contributed by atoms with E-state index in [0.717, 1.165) is 16.7 Å². The quantitative estimate of drug-likeness (QED) is 0.719. The molecule has 4 rings (SSSR count). The largest absolute Gasteiger partial charge is 0.386 e. The Labute approximate surface area is 167 Å². The number of imidazole rings is 1. The van der Waals surface area contributed by atoms with Crippen molar-refractivity contribution in [3.8, 4) is 11.3 Å². The summed E-state index contributed by atoms with van der Waals surface area (Å²) in [6.45, 7) is 6.86. The van der Waals surface area contributed by atoms with Gasteiger partial charge in [0.25, 0.3) is 5.92 Å². The molecule has 0 radical (unpaired) electrons. The number of nitrogens with zero attached hydrogens (tertiary/aromatic N) is 3. The Balaban J connectivity index is 1.83. The first-order chi connectivity index (χ1) is 13.3. The van der Waals surface area contributed by atoms with Gasteiger partial charge < -0.3 is 5.11 Å². The van der Waals surface area contributed by atoms with E-state index in [4.69, 9.17) is 0 Å². The molecule has 0 saturated heterocycles. The van der Waals surface area contributed by atoms with Crippen molar-refractivity contribution in [3.05, 3.63) is 51.9 Å². The molecular weight excluding hydrogens is 376 g/mol. The maximum absolute atomic E-state index is 13.7. The molecular formula is C22H25F2N3O2. The summed E-state index contributed by atoms with van der Waals surface area (Å²) in [5, 5.41) is 10.3. The summed E-state index contributed by atoms with van der Waals surface area (Å²) in [7, 11) is 1.60. The number of hydrogen-bond acceptors (Lipinski definition) is 3. The fraction of sp³-hybridized carbons (Fsp3) is 0.455. The number of halogens is 2. The van der Waals surface area contributed by atoms with Crippen LogP contribution in [-0.2, 0) is 19.2 Å². The van der Waals surface area contributed by atoms with Crippen molar-refractivity contribution in [1.29, 1.82) is 0 Å². The fourth-order valence-corrected chi connectivity index (χ4v) is 3.82. The van der Waals surface area contributed by atoms with Crippen LogP contribution in [0.4, 0.5) is 8.78 Å². The normalized spacial score (nSPS) is 21.0. The first-order valence-corrected chi connectivity index (χ1v) is 9.62. The molecule has 0 amide bonds. The van der Waals surface area contributed by atoms with Gasteiger partial charge in [0, 0.05) is 25.6 Å². The van der Waals surface area contributed by atoms with Crippen LogP contribution in [0.25, 0.3) is 22.4 Å². The van der Waals surface area contributed by atoms with Crippen LogP contribution < -0.4 is 5.69 Å². The van der Waals surface area contributed by atoms with Gasteiger partial charge in [-0.15, -0.1) is 0 Å². The average molecular weight is 401 g/mol. The SMILES string of the molecule is Cc1ccc(C(C)(C)O)cc1-c1ccc2c(n1)n(C)c(=O)n2CC1(C)CC1(F)F. The number of benzene rings is 1. The molecule has 1 fully saturated rings. The molecule has 1 saturated carbocycles. The molecule has 2 aromatic heterocycles. The minimum absolute atomic E-state index is 0.0373. The zero-order valence-electron chi connectivity index (χ0n) is 17.3. The van der Waals surface area contributed by atoms with Crippen LogP contribution in [0.2, 0.25) is 0 Å². The van der Waals surface area contributed by atoms with Crippen molar-refractivity contribution < 1.29 is 13.9 Å². The van der Waals surface area contributed by atoms with Crippen LogP contribution in [0.15, 0.2) is 35.1 Å². The van der Waals surface area contributed by atoms with Crippen LogP contribution in [0.1, 0.15) is 38.3 Å². The predicted octanol–water partition coefficient (Wildman–Crippen LogP) is 3.98. The second kappa shape index (κ2) is 5.98. The van der Waals surface area contributed by atoms with Crippen molar-refractivity contribution in [2.24, 2.45) is 12.5 Å². The molecule has 5 nitrogen and oxygen atoms in total. The Kier molecular flexibility index (Phi) is 4.08. The minimum atomic E-state index is -2.74. The average Bonchev–Trinajstić information content (AvgIpc) is 3.05. The van der Waals surface area contributed by atoms with Gasteiger partial charge >= 0.3 is 5.69 Å². The molecule has 2 heterocycles. The highest BCUT2D eigenvalue weighted by atomic mass is 19.3. The summed E-state index contributed by atoms with van der Waals surface area (Å²) in [4.78, 5) is 17.4. The van der Waals surface area contributed by atoms with Crippen LogP contribution in [0.5, 0.6) is 0 Å². The number of alkyl halides is 2. The lowest BCUT2D eigenvalue weighted by Crippen LogP contribution is -2.27. The van der Waals surface area contributed by atoms with Gasteiger partial charge in [-0.05, 0) is 50.1 Å². The Morgan fingerprint density at radius 3 is 2.48 bits per heavy atom. The summed E-state index contributed by atoms with van der Waals surface area (Å²) in [5.41, 5.74) is 1.72. The van der Waals surface area contributed by atoms with Crippen LogP contribution in [-0.4, -0.2) is 25.1 Å². The van der Waals surface area contributed by atoms with Crippen molar-refractivity contribution >= 4 is 11.2 Å². The molecule has 7 heteroatoms. The number of pyridine rings is 1. The maximum atomic E-state index is 13.7. The topological polar surface area (TPSA) is 60.1 Å². The smallest absolute Gasteiger partial charge is 0.330 e. The molecule has 1 N–H and O–H groups in total. The summed E-state index contributed by atoms with van der Waals surface area (Å²) in [6, 6.07) is 9.25. The molecule has 1 atom stereocenters. The van der Waals surface area contributed by atoms with Gasteiger partial charge in [-0.1, -0.05) is 19.1 Å². The highest BCUT2D eigenvalue weighted by Gasteiger charge is 2.68. The standard InChI is InChI=1S/C22H25F2N3O2/c1-13-6-7-14(20(2,3)29)10-15(13)16-8-9-17-18(25-16)26(5)19(28)27(17)12-21(4)11-22(21,23)24/h6-10,29H,11-12H2,1-5H3. The van der Waals surface area contributed by atoms with E-state index in [-0.39, 0.29) is 18.7 Å². The number of aromatic nitrogens is 3. The first kappa shape index (κ1) is 19.8. The molecule has 0 spiro atoms. The van der Waals surface area contributed by atoms with Crippen molar-refractivity contribution in [3.63, 3.8) is 0 Å². The van der Waals surface area contributed by atoms with Gasteiger partial charge in [-0.2, -0.15) is 0 Å². The molecule has 0 bridgehead atoms. The second-order valence-corrected chi connectivity index (χ2v) is 9.00. The van der Waals surface area contributed by atoms with E-state index in [9.17, 15) is 18.7 Å². The van der Waals surface area contributed by atoms with Gasteiger partial charge in [-0.3, -0.25) is 9.13 Å². The third-order valence-electron chi connectivity index (χ3n) is 6.08. The zero-order chi connectivity index (χ0) is 21.4. The zero-order valence-corrected chi connectivity index (χ0v) is 17.3. The highest BCUT2D eigenvalue weighted by Crippen LogP contribution is 2.61. The highest BCUT2D eigenvalue weighted by molar-refractivity contribution is 5.77. The van der Waals surface area contributed by atoms with Crippen molar-refractivity contribution in [2.75, 3.05) is 0 Å². The molecule has 1 aromatic carbocycles. The van der Waals surface area contributed by atoms with E-state index in [0.29, 0.717) is 16.9 Å². The van der Waals surface area contributed by atoms with Crippen LogP contribution in [0.3, 0.4) is 0 Å². The second-order valence-electron chi connectivity index (χ2n) is 9.00. The fourth-order valence-electron chi connectivity index (χ4n) is 3.82. The lowest BCUT2D eigenvalue weighted by atomic mass is 9.93. The predicted molar refractivity (Wildman–Crippen MR) is 108 cm³/mol. The van der Waals surface area contributed by atoms with Gasteiger partial charge in [-0.25, -0.2) is 18.6 Å². The first-order valence-electron chi connectivity index (χ1n) is 9.62.